The highest BCUT2D eigenvalue weighted by Gasteiger charge is 2.33. The largest absolute Gasteiger partial charge is 0.340 e. The number of carbonyl (C=O) groups is 1. The molecule has 4 rings (SSSR count). The minimum absolute atomic E-state index is 0.0440. The van der Waals surface area contributed by atoms with E-state index in [2.05, 4.69) is 55.1 Å². The Bertz CT molecular complexity index is 749. The predicted octanol–water partition coefficient (Wildman–Crippen LogP) is 2.65. The van der Waals surface area contributed by atoms with Crippen LogP contribution in [0.5, 0.6) is 0 Å². The molecule has 0 saturated carbocycles. The smallest absolute Gasteiger partial charge is 0.227 e. The molecule has 0 radical (unpaired) electrons. The molecule has 1 amide bonds. The number of fused-ring (bicyclic) bond motifs is 1. The summed E-state index contributed by atoms with van der Waals surface area (Å²) in [5, 5.41) is 0. The Morgan fingerprint density at radius 3 is 2.67 bits per heavy atom. The number of amides is 1. The van der Waals surface area contributed by atoms with Gasteiger partial charge in [0.05, 0.1) is 10.4 Å². The van der Waals surface area contributed by atoms with Crippen LogP contribution in [0.3, 0.4) is 0 Å². The normalized spacial score (nSPS) is 20.1. The van der Waals surface area contributed by atoms with Gasteiger partial charge >= 0.3 is 0 Å². The number of hydrogen-bond acceptors (Lipinski definition) is 4. The van der Waals surface area contributed by atoms with Crippen molar-refractivity contribution in [3.8, 4) is 0 Å². The molecule has 24 heavy (non-hydrogen) atoms. The number of benzene rings is 1. The standard InChI is InChI=1S/C18H19BrN4O/c19-16-9-20-18(21-10-16)23-8-6-15(12-23)17(24)22-7-5-13-3-1-2-4-14(13)11-22/h1-4,9-10,15H,5-8,11-12H2. The van der Waals surface area contributed by atoms with E-state index in [0.29, 0.717) is 12.5 Å². The second-order valence-corrected chi connectivity index (χ2v) is 7.33. The van der Waals surface area contributed by atoms with Gasteiger partial charge in [0.25, 0.3) is 0 Å². The lowest BCUT2D eigenvalue weighted by Gasteiger charge is -2.31. The van der Waals surface area contributed by atoms with E-state index < -0.39 is 0 Å². The minimum Gasteiger partial charge on any atom is -0.340 e. The number of hydrogen-bond donors (Lipinski definition) is 0. The van der Waals surface area contributed by atoms with Crippen molar-refractivity contribution >= 4 is 27.8 Å². The first-order valence-electron chi connectivity index (χ1n) is 8.29. The Kier molecular flexibility index (Phi) is 4.22. The molecule has 2 aliphatic heterocycles. The summed E-state index contributed by atoms with van der Waals surface area (Å²) in [6.07, 6.45) is 5.32. The molecule has 1 aromatic heterocycles. The van der Waals surface area contributed by atoms with Gasteiger partial charge in [-0.1, -0.05) is 24.3 Å². The van der Waals surface area contributed by atoms with Crippen LogP contribution >= 0.6 is 15.9 Å². The van der Waals surface area contributed by atoms with E-state index in [4.69, 9.17) is 0 Å². The van der Waals surface area contributed by atoms with Crippen LogP contribution in [0, 0.1) is 5.92 Å². The van der Waals surface area contributed by atoms with Crippen molar-refractivity contribution in [1.82, 2.24) is 14.9 Å². The van der Waals surface area contributed by atoms with E-state index in [1.807, 2.05) is 4.90 Å². The van der Waals surface area contributed by atoms with Crippen molar-refractivity contribution in [2.24, 2.45) is 5.92 Å². The van der Waals surface area contributed by atoms with Crippen molar-refractivity contribution in [1.29, 1.82) is 0 Å². The van der Waals surface area contributed by atoms with Crippen molar-refractivity contribution in [2.75, 3.05) is 24.5 Å². The molecule has 1 saturated heterocycles. The maximum Gasteiger partial charge on any atom is 0.227 e. The summed E-state index contributed by atoms with van der Waals surface area (Å²) < 4.78 is 0.866. The lowest BCUT2D eigenvalue weighted by molar-refractivity contribution is -0.135. The first kappa shape index (κ1) is 15.6. The first-order chi connectivity index (χ1) is 11.7. The van der Waals surface area contributed by atoms with Crippen LogP contribution in [-0.4, -0.2) is 40.4 Å². The highest BCUT2D eigenvalue weighted by molar-refractivity contribution is 9.10. The Labute approximate surface area is 149 Å². The summed E-state index contributed by atoms with van der Waals surface area (Å²) in [4.78, 5) is 25.7. The van der Waals surface area contributed by atoms with E-state index in [1.165, 1.54) is 11.1 Å². The molecule has 0 bridgehead atoms. The molecule has 0 N–H and O–H groups in total. The highest BCUT2D eigenvalue weighted by atomic mass is 79.9. The van der Waals surface area contributed by atoms with Gasteiger partial charge in [-0.3, -0.25) is 4.79 Å². The first-order valence-corrected chi connectivity index (χ1v) is 9.08. The number of carbonyl (C=O) groups excluding carboxylic acids is 1. The summed E-state index contributed by atoms with van der Waals surface area (Å²) in [5.74, 6) is 1.02. The second-order valence-electron chi connectivity index (χ2n) is 6.41. The van der Waals surface area contributed by atoms with Gasteiger partial charge in [-0.05, 0) is 39.9 Å². The summed E-state index contributed by atoms with van der Waals surface area (Å²) in [6.45, 7) is 3.10. The van der Waals surface area contributed by atoms with E-state index in [0.717, 1.165) is 36.9 Å². The molecule has 1 unspecified atom stereocenters. The van der Waals surface area contributed by atoms with E-state index >= 15 is 0 Å². The molecule has 0 aliphatic carbocycles. The van der Waals surface area contributed by atoms with Crippen LogP contribution < -0.4 is 4.90 Å². The van der Waals surface area contributed by atoms with Gasteiger partial charge in [0.15, 0.2) is 0 Å². The monoisotopic (exact) mass is 386 g/mol. The van der Waals surface area contributed by atoms with Crippen LogP contribution in [0.4, 0.5) is 5.95 Å². The molecular weight excluding hydrogens is 368 g/mol. The van der Waals surface area contributed by atoms with E-state index in [-0.39, 0.29) is 11.8 Å². The molecule has 2 aliphatic rings. The Morgan fingerprint density at radius 1 is 1.12 bits per heavy atom. The second kappa shape index (κ2) is 6.51. The predicted molar refractivity (Wildman–Crippen MR) is 95.6 cm³/mol. The van der Waals surface area contributed by atoms with Crippen molar-refractivity contribution < 1.29 is 4.79 Å². The molecule has 6 heteroatoms. The fraction of sp³-hybridized carbons (Fsp3) is 0.389. The maximum absolute atomic E-state index is 12.9. The third-order valence-electron chi connectivity index (χ3n) is 4.87. The Balaban J connectivity index is 1.42. The molecule has 2 aromatic rings. The van der Waals surface area contributed by atoms with Crippen LogP contribution in [-0.2, 0) is 17.8 Å². The quantitative estimate of drug-likeness (QED) is 0.795. The molecule has 124 valence electrons. The van der Waals surface area contributed by atoms with Gasteiger partial charge in [0.1, 0.15) is 0 Å². The Morgan fingerprint density at radius 2 is 1.88 bits per heavy atom. The van der Waals surface area contributed by atoms with Gasteiger partial charge in [-0.15, -0.1) is 0 Å². The van der Waals surface area contributed by atoms with Crippen LogP contribution in [0.15, 0.2) is 41.1 Å². The number of nitrogens with zero attached hydrogens (tertiary/aromatic N) is 4. The average molecular weight is 387 g/mol. The maximum atomic E-state index is 12.9. The zero-order valence-electron chi connectivity index (χ0n) is 13.4. The molecule has 3 heterocycles. The molecule has 1 fully saturated rings. The zero-order valence-corrected chi connectivity index (χ0v) is 14.9. The zero-order chi connectivity index (χ0) is 16.5. The summed E-state index contributed by atoms with van der Waals surface area (Å²) in [5.41, 5.74) is 2.65. The molecule has 0 spiro atoms. The summed E-state index contributed by atoms with van der Waals surface area (Å²) in [6, 6.07) is 8.42. The SMILES string of the molecule is O=C(C1CCN(c2ncc(Br)cn2)C1)N1CCc2ccccc2C1. The number of rotatable bonds is 2. The van der Waals surface area contributed by atoms with Gasteiger partial charge in [0, 0.05) is 38.6 Å². The van der Waals surface area contributed by atoms with Gasteiger partial charge in [-0.2, -0.15) is 0 Å². The van der Waals surface area contributed by atoms with Crippen molar-refractivity contribution in [3.63, 3.8) is 0 Å². The molecule has 1 aromatic carbocycles. The number of anilines is 1. The van der Waals surface area contributed by atoms with Crippen LogP contribution in [0.2, 0.25) is 0 Å². The third kappa shape index (κ3) is 3.02. The van der Waals surface area contributed by atoms with Gasteiger partial charge < -0.3 is 9.80 Å². The minimum atomic E-state index is 0.0440. The van der Waals surface area contributed by atoms with Gasteiger partial charge in [-0.25, -0.2) is 9.97 Å². The van der Waals surface area contributed by atoms with Crippen LogP contribution in [0.1, 0.15) is 17.5 Å². The topological polar surface area (TPSA) is 49.3 Å². The van der Waals surface area contributed by atoms with E-state index in [1.54, 1.807) is 12.4 Å². The van der Waals surface area contributed by atoms with Crippen molar-refractivity contribution in [2.45, 2.75) is 19.4 Å². The number of halogens is 1. The fourth-order valence-electron chi connectivity index (χ4n) is 3.55. The molecular formula is C18H19BrN4O. The molecule has 1 atom stereocenters. The van der Waals surface area contributed by atoms with Crippen LogP contribution in [0.25, 0.3) is 0 Å². The summed E-state index contributed by atoms with van der Waals surface area (Å²) >= 11 is 3.35. The molecule has 5 nitrogen and oxygen atoms in total. The highest BCUT2D eigenvalue weighted by Crippen LogP contribution is 2.26. The lowest BCUT2D eigenvalue weighted by Crippen LogP contribution is -2.40. The lowest BCUT2D eigenvalue weighted by atomic mass is 9.98. The Hall–Kier alpha value is -1.95. The summed E-state index contributed by atoms with van der Waals surface area (Å²) in [7, 11) is 0. The third-order valence-corrected chi connectivity index (χ3v) is 5.28. The van der Waals surface area contributed by atoms with Crippen molar-refractivity contribution in [3.05, 3.63) is 52.3 Å². The average Bonchev–Trinajstić information content (AvgIpc) is 3.11. The number of aromatic nitrogens is 2. The van der Waals surface area contributed by atoms with E-state index in [9.17, 15) is 4.79 Å². The fourth-order valence-corrected chi connectivity index (χ4v) is 3.76. The van der Waals surface area contributed by atoms with Gasteiger partial charge in [0.2, 0.25) is 11.9 Å².